The summed E-state index contributed by atoms with van der Waals surface area (Å²) < 4.78 is 10.6. The predicted molar refractivity (Wildman–Crippen MR) is 117 cm³/mol. The summed E-state index contributed by atoms with van der Waals surface area (Å²) in [6.07, 6.45) is 8.27. The van der Waals surface area contributed by atoms with Gasteiger partial charge < -0.3 is 34.3 Å². The number of benzene rings is 3. The third-order valence-electron chi connectivity index (χ3n) is 4.91. The van der Waals surface area contributed by atoms with Crippen LogP contribution in [-0.2, 0) is 26.2 Å². The van der Waals surface area contributed by atoms with Crippen LogP contribution in [0.15, 0.2) is 84.9 Å². The van der Waals surface area contributed by atoms with E-state index in [0.29, 0.717) is 0 Å². The van der Waals surface area contributed by atoms with Crippen molar-refractivity contribution in [2.24, 2.45) is 0 Å². The third-order valence-corrected chi connectivity index (χ3v) is 4.91. The second-order valence-electron chi connectivity index (χ2n) is 6.56. The average molecular weight is 529 g/mol. The molecule has 31 heavy (non-hydrogen) atoms. The molecule has 0 saturated carbocycles. The first-order valence-electron chi connectivity index (χ1n) is 9.33. The minimum Gasteiger partial charge on any atom is -1.00 e. The first kappa shape index (κ1) is 27.1. The second-order valence-corrected chi connectivity index (χ2v) is 6.56. The van der Waals surface area contributed by atoms with Gasteiger partial charge in [-0.25, -0.2) is 0 Å². The van der Waals surface area contributed by atoms with Crippen molar-refractivity contribution in [1.29, 1.82) is 0 Å². The quantitative estimate of drug-likeness (QED) is 0.362. The topological polar surface area (TPSA) is 18.5 Å². The Morgan fingerprint density at radius 3 is 1.90 bits per heavy atom. The zero-order valence-electron chi connectivity index (χ0n) is 17.4. The van der Waals surface area contributed by atoms with Crippen molar-refractivity contribution in [3.8, 4) is 11.5 Å². The van der Waals surface area contributed by atoms with Crippen molar-refractivity contribution in [2.45, 2.75) is 6.42 Å². The van der Waals surface area contributed by atoms with Gasteiger partial charge >= 0.3 is 26.2 Å². The Hall–Kier alpha value is -1.93. The smallest absolute Gasteiger partial charge is 1.00 e. The number of ether oxygens (including phenoxy) is 2. The fraction of sp³-hybridized carbons (Fsp3) is 0.115. The summed E-state index contributed by atoms with van der Waals surface area (Å²) in [4.78, 5) is 0. The van der Waals surface area contributed by atoms with Crippen molar-refractivity contribution < 1.29 is 60.5 Å². The van der Waals surface area contributed by atoms with Crippen LogP contribution in [0.1, 0.15) is 12.0 Å². The van der Waals surface area contributed by atoms with Gasteiger partial charge in [0, 0.05) is 0 Å². The molecule has 1 aliphatic rings. The van der Waals surface area contributed by atoms with Gasteiger partial charge in [0.15, 0.2) is 0 Å². The number of allylic oxidation sites excluding steroid dienone is 4. The maximum atomic E-state index is 5.36. The van der Waals surface area contributed by atoms with Crippen LogP contribution in [0.5, 0.6) is 11.5 Å². The number of fused-ring (bicyclic) bond motifs is 3. The Bertz CT molecular complexity index is 1130. The zero-order valence-corrected chi connectivity index (χ0v) is 21.3. The molecule has 2 nitrogen and oxygen atoms in total. The molecular weight excluding hydrogens is 506 g/mol. The van der Waals surface area contributed by atoms with Gasteiger partial charge in [0.05, 0.1) is 14.2 Å². The average Bonchev–Trinajstić information content (AvgIpc) is 3.41. The van der Waals surface area contributed by atoms with Gasteiger partial charge in [-0.2, -0.15) is 17.7 Å². The van der Waals surface area contributed by atoms with E-state index in [1.165, 1.54) is 21.5 Å². The van der Waals surface area contributed by atoms with E-state index in [1.807, 2.05) is 18.2 Å². The van der Waals surface area contributed by atoms with Gasteiger partial charge in [-0.1, -0.05) is 54.4 Å². The Morgan fingerprint density at radius 1 is 0.774 bits per heavy atom. The summed E-state index contributed by atoms with van der Waals surface area (Å²) in [6.45, 7) is 0. The number of rotatable bonds is 3. The zero-order chi connectivity index (χ0) is 19.3. The van der Waals surface area contributed by atoms with Crippen LogP contribution < -0.4 is 34.3 Å². The molecule has 5 rings (SSSR count). The Labute approximate surface area is 215 Å². The Morgan fingerprint density at radius 2 is 1.39 bits per heavy atom. The molecule has 4 aromatic carbocycles. The summed E-state index contributed by atoms with van der Waals surface area (Å²) in [6, 6.07) is 25.1. The molecule has 0 spiro atoms. The van der Waals surface area contributed by atoms with E-state index >= 15 is 0 Å². The van der Waals surface area contributed by atoms with Crippen LogP contribution in [0.3, 0.4) is 0 Å². The van der Waals surface area contributed by atoms with Crippen LogP contribution in [0.4, 0.5) is 0 Å². The second kappa shape index (κ2) is 12.8. The molecule has 0 saturated heterocycles. The largest absolute Gasteiger partial charge is 4.00 e. The van der Waals surface area contributed by atoms with Gasteiger partial charge in [0.25, 0.3) is 0 Å². The molecule has 0 heterocycles. The van der Waals surface area contributed by atoms with E-state index in [4.69, 9.17) is 9.47 Å². The van der Waals surface area contributed by atoms with E-state index in [9.17, 15) is 0 Å². The van der Waals surface area contributed by atoms with Crippen LogP contribution in [0, 0.1) is 6.08 Å². The number of hydrogen-bond acceptors (Lipinski definition) is 2. The molecular formula is C26H22Cl2O2Zr. The SMILES string of the molecule is COc1cccc(C2=[C-]CC=C2)c1OC.[Cl-].[Cl-].[Zr+4].c1ccc2c(c1)[cH-]c1ccccc12. The predicted octanol–water partition coefficient (Wildman–Crippen LogP) is 0.568. The van der Waals surface area contributed by atoms with Crippen molar-refractivity contribution in [2.75, 3.05) is 14.2 Å². The van der Waals surface area contributed by atoms with Gasteiger partial charge in [0.2, 0.25) is 0 Å². The van der Waals surface area contributed by atoms with Crippen LogP contribution >= 0.6 is 0 Å². The normalized spacial score (nSPS) is 11.4. The van der Waals surface area contributed by atoms with E-state index in [-0.39, 0.29) is 51.0 Å². The standard InChI is InChI=1S/C13H13O2.C13H9.2ClH.Zr/c1-14-12-9-5-8-11(13(12)15-2)10-6-3-4-7-10;1-3-7-12-10(5-1)9-11-6-2-4-8-13(11)12;;;/h3,5-6,8-9H,4H2,1-2H3;1-9H;2*1H;/q2*-1;;;+4/p-2. The molecule has 156 valence electrons. The Balaban J connectivity index is 0.000000284. The van der Waals surface area contributed by atoms with Crippen LogP contribution in [0.2, 0.25) is 0 Å². The minimum absolute atomic E-state index is 0. The van der Waals surface area contributed by atoms with Crippen LogP contribution in [0.25, 0.3) is 27.1 Å². The maximum Gasteiger partial charge on any atom is 4.00 e. The molecule has 0 unspecified atom stereocenters. The van der Waals surface area contributed by atoms with Gasteiger partial charge in [-0.05, 0) is 6.07 Å². The van der Waals surface area contributed by atoms with Crippen molar-refractivity contribution >= 4 is 27.1 Å². The summed E-state index contributed by atoms with van der Waals surface area (Å²) in [5, 5.41) is 5.39. The number of para-hydroxylation sites is 1. The van der Waals surface area contributed by atoms with E-state index in [2.05, 4.69) is 72.8 Å². The summed E-state index contributed by atoms with van der Waals surface area (Å²) in [5.74, 6) is 1.53. The van der Waals surface area contributed by atoms with E-state index in [0.717, 1.165) is 29.1 Å². The molecule has 0 aliphatic heterocycles. The van der Waals surface area contributed by atoms with Crippen molar-refractivity contribution in [3.63, 3.8) is 0 Å². The molecule has 0 N–H and O–H groups in total. The molecule has 4 aromatic rings. The fourth-order valence-electron chi connectivity index (χ4n) is 3.59. The molecule has 0 aromatic heterocycles. The number of hydrogen-bond donors (Lipinski definition) is 0. The molecule has 0 bridgehead atoms. The van der Waals surface area contributed by atoms with Crippen molar-refractivity contribution in [3.05, 3.63) is 96.6 Å². The number of methoxy groups -OCH3 is 2. The number of halogens is 2. The molecule has 0 amide bonds. The molecule has 0 radical (unpaired) electrons. The van der Waals surface area contributed by atoms with E-state index < -0.39 is 0 Å². The molecule has 5 heteroatoms. The first-order chi connectivity index (χ1) is 13.8. The molecule has 0 fully saturated rings. The summed E-state index contributed by atoms with van der Waals surface area (Å²) in [5.41, 5.74) is 2.11. The van der Waals surface area contributed by atoms with Gasteiger partial charge in [-0.3, -0.25) is 0 Å². The summed E-state index contributed by atoms with van der Waals surface area (Å²) in [7, 11) is 3.30. The van der Waals surface area contributed by atoms with Gasteiger partial charge in [0.1, 0.15) is 11.5 Å². The first-order valence-corrected chi connectivity index (χ1v) is 9.33. The molecule has 1 aliphatic carbocycles. The maximum absolute atomic E-state index is 5.36. The monoisotopic (exact) mass is 526 g/mol. The van der Waals surface area contributed by atoms with Gasteiger partial charge in [-0.15, -0.1) is 51.9 Å². The van der Waals surface area contributed by atoms with Crippen LogP contribution in [-0.4, -0.2) is 14.2 Å². The summed E-state index contributed by atoms with van der Waals surface area (Å²) >= 11 is 0. The third kappa shape index (κ3) is 5.86. The molecule has 0 atom stereocenters. The Kier molecular flexibility index (Phi) is 11.2. The fourth-order valence-corrected chi connectivity index (χ4v) is 3.59. The van der Waals surface area contributed by atoms with Crippen molar-refractivity contribution in [1.82, 2.24) is 0 Å². The van der Waals surface area contributed by atoms with E-state index in [1.54, 1.807) is 14.2 Å². The minimum atomic E-state index is 0.